The summed E-state index contributed by atoms with van der Waals surface area (Å²) in [7, 11) is -3.07. The van der Waals surface area contributed by atoms with Crippen LogP contribution in [0.2, 0.25) is 0 Å². The monoisotopic (exact) mass is 118 g/mol. The molecule has 0 amide bonds. The van der Waals surface area contributed by atoms with E-state index in [-0.39, 0.29) is 0 Å². The molecule has 0 radical (unpaired) electrons. The van der Waals surface area contributed by atoms with Crippen LogP contribution in [0.15, 0.2) is 0 Å². The van der Waals surface area contributed by atoms with Gasteiger partial charge < -0.3 is 0 Å². The van der Waals surface area contributed by atoms with Crippen LogP contribution >= 0.6 is 0 Å². The molecule has 7 heavy (non-hydrogen) atoms. The van der Waals surface area contributed by atoms with Crippen molar-refractivity contribution in [3.05, 3.63) is 0 Å². The zero-order valence-corrected chi connectivity index (χ0v) is 4.99. The van der Waals surface area contributed by atoms with E-state index in [4.69, 9.17) is 10.0 Å². The fourth-order valence-electron chi connectivity index (χ4n) is 0.125. The van der Waals surface area contributed by atoms with Crippen molar-refractivity contribution in [1.29, 1.82) is 0 Å². The molecule has 0 bridgehead atoms. The van der Waals surface area contributed by atoms with Gasteiger partial charge in [-0.05, 0) is 0 Å². The van der Waals surface area contributed by atoms with Crippen LogP contribution in [0, 0.1) is 0 Å². The van der Waals surface area contributed by atoms with Crippen LogP contribution in [0.4, 0.5) is 0 Å². The van der Waals surface area contributed by atoms with E-state index in [1.54, 1.807) is 0 Å². The molecule has 0 saturated heterocycles. The quantitative estimate of drug-likeness (QED) is 0.388. The Labute approximate surface area is 43.8 Å². The van der Waals surface area contributed by atoms with Gasteiger partial charge >= 0.3 is 42.8 Å². The van der Waals surface area contributed by atoms with Crippen molar-refractivity contribution in [3.63, 3.8) is 0 Å². The van der Waals surface area contributed by atoms with Gasteiger partial charge in [-0.15, -0.1) is 0 Å². The molecule has 38 valence electrons. The van der Waals surface area contributed by atoms with Crippen molar-refractivity contribution >= 4 is 23.7 Å². The molecule has 0 heterocycles. The van der Waals surface area contributed by atoms with E-state index in [9.17, 15) is 4.70 Å². The van der Waals surface area contributed by atoms with E-state index in [2.05, 4.69) is 4.34 Å². The predicted molar refractivity (Wildman–Crippen MR) is 26.3 cm³/mol. The molecule has 0 rings (SSSR count). The normalized spacial score (nSPS) is 9.43. The van der Waals surface area contributed by atoms with Gasteiger partial charge in [-0.3, -0.25) is 0 Å². The SMILES string of the molecule is O=B[SiH2]OB(O)O. The Morgan fingerprint density at radius 3 is 2.43 bits per heavy atom. The molecule has 2 N–H and O–H groups in total. The van der Waals surface area contributed by atoms with E-state index in [1.807, 2.05) is 0 Å². The minimum atomic E-state index is -1.77. The van der Waals surface area contributed by atoms with Gasteiger partial charge in [0.1, 0.15) is 0 Å². The van der Waals surface area contributed by atoms with Gasteiger partial charge in [0.2, 0.25) is 0 Å². The van der Waals surface area contributed by atoms with Crippen LogP contribution in [-0.2, 0) is 9.05 Å². The van der Waals surface area contributed by atoms with Gasteiger partial charge in [-0.2, -0.15) is 0 Å². The zero-order valence-electron chi connectivity index (χ0n) is 3.57. The molecule has 0 aromatic carbocycles. The first kappa shape index (κ1) is 7.03. The second-order valence-corrected chi connectivity index (χ2v) is 1.83. The summed E-state index contributed by atoms with van der Waals surface area (Å²) in [6, 6.07) is 0. The maximum absolute atomic E-state index is 9.42. The molecule has 0 fully saturated rings. The molecule has 0 unspecified atom stereocenters. The van der Waals surface area contributed by atoms with Crippen LogP contribution < -0.4 is 0 Å². The molecule has 7 heteroatoms. The average molecular weight is 118 g/mol. The zero-order chi connectivity index (χ0) is 5.70. The standard InChI is InChI=1S/B2H4O4Si/c3-1-7-6-2(4)5/h4-5H,7H2. The van der Waals surface area contributed by atoms with Crippen LogP contribution in [0.25, 0.3) is 0 Å². The van der Waals surface area contributed by atoms with E-state index >= 15 is 0 Å². The summed E-state index contributed by atoms with van der Waals surface area (Å²) < 4.78 is 13.5. The second-order valence-electron chi connectivity index (χ2n) is 0.826. The number of hydrogen-bond donors (Lipinski definition) is 2. The Hall–Kier alpha value is 0.0268. The molecular weight excluding hydrogens is 114 g/mol. The molecular formula is H4B2O4Si. The Bertz CT molecular complexity index is 53.7. The molecule has 0 aromatic heterocycles. The average Bonchev–Trinajstić information content (AvgIpc) is 1.61. The third kappa shape index (κ3) is 6.03. The fourth-order valence-corrected chi connectivity index (χ4v) is 0.376. The predicted octanol–water partition coefficient (Wildman–Crippen LogP) is -2.98. The van der Waals surface area contributed by atoms with Crippen molar-refractivity contribution in [3.8, 4) is 0 Å². The molecule has 0 spiro atoms. The molecule has 4 nitrogen and oxygen atoms in total. The van der Waals surface area contributed by atoms with Gasteiger partial charge in [0.15, 0.2) is 0 Å². The molecule has 0 atom stereocenters. The van der Waals surface area contributed by atoms with Crippen molar-refractivity contribution in [2.75, 3.05) is 0 Å². The summed E-state index contributed by atoms with van der Waals surface area (Å²) in [6.07, 6.45) is 0. The van der Waals surface area contributed by atoms with Crippen LogP contribution in [0.1, 0.15) is 0 Å². The topological polar surface area (TPSA) is 66.8 Å². The van der Waals surface area contributed by atoms with Crippen molar-refractivity contribution in [2.24, 2.45) is 0 Å². The molecule has 0 aliphatic carbocycles. The van der Waals surface area contributed by atoms with Gasteiger partial charge in [0, 0.05) is 0 Å². The minimum absolute atomic E-state index is 0.569. The van der Waals surface area contributed by atoms with E-state index in [0.717, 1.165) is 0 Å². The summed E-state index contributed by atoms with van der Waals surface area (Å²) in [6.45, 7) is 0.569. The first-order valence-corrected chi connectivity index (χ1v) is 3.08. The van der Waals surface area contributed by atoms with Gasteiger partial charge in [0.05, 0.1) is 0 Å². The third-order valence-electron chi connectivity index (χ3n) is 0.313. The number of rotatable bonds is 3. The number of hydrogen-bond acceptors (Lipinski definition) is 4. The van der Waals surface area contributed by atoms with Crippen LogP contribution in [0.5, 0.6) is 0 Å². The third-order valence-corrected chi connectivity index (χ3v) is 0.940. The summed E-state index contributed by atoms with van der Waals surface area (Å²) in [5.41, 5.74) is 0. The van der Waals surface area contributed by atoms with E-state index in [1.165, 1.54) is 0 Å². The van der Waals surface area contributed by atoms with Gasteiger partial charge in [-0.1, -0.05) is 0 Å². The molecule has 0 aliphatic heterocycles. The van der Waals surface area contributed by atoms with Crippen LogP contribution in [-0.4, -0.2) is 33.7 Å². The Morgan fingerprint density at radius 2 is 2.29 bits per heavy atom. The fraction of sp³-hybridized carbons (Fsp3) is 0. The first-order valence-electron chi connectivity index (χ1n) is 1.68. The summed E-state index contributed by atoms with van der Waals surface area (Å²) in [5.74, 6) is 0. The van der Waals surface area contributed by atoms with Crippen molar-refractivity contribution < 1.29 is 19.1 Å². The molecule has 0 saturated carbocycles. The Kier molecular flexibility index (Phi) is 4.21. The van der Waals surface area contributed by atoms with Gasteiger partial charge in [0.25, 0.3) is 0 Å². The van der Waals surface area contributed by atoms with Crippen molar-refractivity contribution in [2.45, 2.75) is 0 Å². The Morgan fingerprint density at radius 1 is 1.71 bits per heavy atom. The van der Waals surface area contributed by atoms with E-state index in [0.29, 0.717) is 6.74 Å². The molecule has 0 aliphatic rings. The maximum atomic E-state index is 9.42. The summed E-state index contributed by atoms with van der Waals surface area (Å²) in [4.78, 5) is 0. The second kappa shape index (κ2) is 4.19. The first-order chi connectivity index (χ1) is 3.27. The Balaban J connectivity index is 2.81. The molecule has 0 aromatic rings. The van der Waals surface area contributed by atoms with Crippen LogP contribution in [0.3, 0.4) is 0 Å². The van der Waals surface area contributed by atoms with E-state index < -0.39 is 17.0 Å². The summed E-state index contributed by atoms with van der Waals surface area (Å²) in [5, 5.41) is 15.8. The van der Waals surface area contributed by atoms with Crippen molar-refractivity contribution in [1.82, 2.24) is 0 Å². The van der Waals surface area contributed by atoms with Gasteiger partial charge in [-0.25, -0.2) is 0 Å². The summed E-state index contributed by atoms with van der Waals surface area (Å²) >= 11 is 0.